The Morgan fingerprint density at radius 1 is 0.324 bits per heavy atom. The molecule has 0 radical (unpaired) electrons. The number of anilines is 4. The van der Waals surface area contributed by atoms with Crippen molar-refractivity contribution in [2.45, 2.75) is 27.6 Å². The average Bonchev–Trinajstić information content (AvgIpc) is 3.30. The van der Waals surface area contributed by atoms with Gasteiger partial charge < -0.3 is 41.9 Å². The van der Waals surface area contributed by atoms with Crippen LogP contribution in [0.5, 0.6) is 46.0 Å². The SMILES string of the molecule is Nc1ccc(Oc2ccc(C(c3ccc(Oc4ccc(N)cc4)cc3)(C(F)(F)F)C(F)(F)F)cc2)cc1.Nc1ccc(Oc2cccc(S(=O)(=O)c3ccc(Oc4cccc(N)c4)cc3)c2)cc1. The van der Waals surface area contributed by atoms with Crippen LogP contribution in [-0.2, 0) is 15.3 Å². The van der Waals surface area contributed by atoms with Gasteiger partial charge in [-0.15, -0.1) is 0 Å². The summed E-state index contributed by atoms with van der Waals surface area (Å²) in [6, 6.07) is 45.9. The summed E-state index contributed by atoms with van der Waals surface area (Å²) in [7, 11) is -3.73. The van der Waals surface area contributed by atoms with Crippen LogP contribution >= 0.6 is 0 Å². The average molecular weight is 951 g/mol. The molecular weight excluding hydrogens is 911 g/mol. The number of hydrogen-bond donors (Lipinski definition) is 4. The lowest BCUT2D eigenvalue weighted by atomic mass is 9.73. The highest BCUT2D eigenvalue weighted by Gasteiger charge is 2.72. The van der Waals surface area contributed by atoms with Gasteiger partial charge in [0.1, 0.15) is 46.0 Å². The summed E-state index contributed by atoms with van der Waals surface area (Å²) in [6.07, 6.45) is -11.4. The summed E-state index contributed by atoms with van der Waals surface area (Å²) in [4.78, 5) is 0.280. The highest BCUT2D eigenvalue weighted by molar-refractivity contribution is 7.91. The van der Waals surface area contributed by atoms with E-state index in [0.29, 0.717) is 57.2 Å². The van der Waals surface area contributed by atoms with Crippen LogP contribution in [0.4, 0.5) is 49.1 Å². The van der Waals surface area contributed by atoms with Crippen LogP contribution in [0.1, 0.15) is 11.1 Å². The van der Waals surface area contributed by atoms with E-state index in [-0.39, 0.29) is 21.3 Å². The van der Waals surface area contributed by atoms with Crippen molar-refractivity contribution in [1.29, 1.82) is 0 Å². The monoisotopic (exact) mass is 950 g/mol. The third kappa shape index (κ3) is 11.0. The van der Waals surface area contributed by atoms with Crippen LogP contribution < -0.4 is 41.9 Å². The minimum Gasteiger partial charge on any atom is -0.457 e. The second kappa shape index (κ2) is 19.7. The van der Waals surface area contributed by atoms with Crippen LogP contribution in [-0.4, -0.2) is 20.8 Å². The fourth-order valence-electron chi connectivity index (χ4n) is 6.79. The van der Waals surface area contributed by atoms with Crippen molar-refractivity contribution in [3.8, 4) is 46.0 Å². The maximum atomic E-state index is 14.4. The van der Waals surface area contributed by atoms with Gasteiger partial charge in [-0.3, -0.25) is 0 Å². The van der Waals surface area contributed by atoms with E-state index in [9.17, 15) is 34.8 Å². The Labute approximate surface area is 386 Å². The Kier molecular flexibility index (Phi) is 13.8. The standard InChI is InChI=1S/C27H20F6N2O2.C24H20N2O4S/c28-26(29,30)25(27(31,32)33,17-1-9-21(10-2-17)36-23-13-5-19(34)6-14-23)18-3-11-22(12-4-18)37-24-15-7-20(35)8-16-24;25-17-7-9-19(10-8-17)30-22-5-2-6-24(16-22)31(27,28)23-13-11-20(12-14-23)29-21-4-1-3-18(26)15-21/h1-16H,34-35H2;1-16H,25-26H2. The maximum Gasteiger partial charge on any atom is 0.411 e. The Hall–Kier alpha value is -8.31. The van der Waals surface area contributed by atoms with Crippen molar-refractivity contribution in [3.05, 3.63) is 205 Å². The number of ether oxygens (including phenoxy) is 4. The van der Waals surface area contributed by atoms with Gasteiger partial charge in [-0.25, -0.2) is 8.42 Å². The minimum atomic E-state index is -5.72. The molecule has 0 amide bonds. The molecule has 8 aromatic carbocycles. The first-order valence-electron chi connectivity index (χ1n) is 20.2. The Morgan fingerprint density at radius 3 is 0.985 bits per heavy atom. The minimum absolute atomic E-state index is 0.0546. The number of rotatable bonds is 12. The van der Waals surface area contributed by atoms with Gasteiger partial charge in [0.15, 0.2) is 0 Å². The van der Waals surface area contributed by atoms with E-state index in [2.05, 4.69) is 0 Å². The normalized spacial score (nSPS) is 11.7. The molecule has 10 nitrogen and oxygen atoms in total. The fraction of sp³-hybridized carbons (Fsp3) is 0.0588. The summed E-state index contributed by atoms with van der Waals surface area (Å²) < 4.78 is 135. The van der Waals surface area contributed by atoms with E-state index in [1.165, 1.54) is 48.5 Å². The lowest BCUT2D eigenvalue weighted by Crippen LogP contribution is -2.54. The van der Waals surface area contributed by atoms with E-state index >= 15 is 0 Å². The van der Waals surface area contributed by atoms with Gasteiger partial charge in [-0.2, -0.15) is 26.3 Å². The summed E-state index contributed by atoms with van der Waals surface area (Å²) in [6.45, 7) is 0. The number of hydrogen-bond acceptors (Lipinski definition) is 10. The molecule has 0 spiro atoms. The Morgan fingerprint density at radius 2 is 0.632 bits per heavy atom. The zero-order valence-electron chi connectivity index (χ0n) is 35.4. The molecule has 0 atom stereocenters. The third-order valence-corrected chi connectivity index (χ3v) is 11.9. The van der Waals surface area contributed by atoms with Crippen molar-refractivity contribution >= 4 is 32.6 Å². The van der Waals surface area contributed by atoms with E-state index < -0.39 is 38.7 Å². The van der Waals surface area contributed by atoms with Gasteiger partial charge in [-0.05, 0) is 163 Å². The quantitative estimate of drug-likeness (QED) is 0.0681. The predicted octanol–water partition coefficient (Wildman–Crippen LogP) is 13.1. The molecule has 8 rings (SSSR count). The number of alkyl halides is 6. The molecule has 8 N–H and O–H groups in total. The molecule has 0 unspecified atom stereocenters. The number of benzene rings is 8. The Bertz CT molecular complexity index is 2960. The molecule has 0 saturated carbocycles. The summed E-state index contributed by atoms with van der Waals surface area (Å²) in [5, 5.41) is 0. The van der Waals surface area contributed by atoms with Crippen molar-refractivity contribution in [2.75, 3.05) is 22.9 Å². The highest BCUT2D eigenvalue weighted by Crippen LogP contribution is 2.56. The van der Waals surface area contributed by atoms with Crippen LogP contribution in [0, 0.1) is 0 Å². The summed E-state index contributed by atoms with van der Waals surface area (Å²) in [5.41, 5.74) is 18.4. The molecule has 8 aromatic rings. The van der Waals surface area contributed by atoms with Gasteiger partial charge in [0.25, 0.3) is 0 Å². The molecule has 68 heavy (non-hydrogen) atoms. The van der Waals surface area contributed by atoms with Crippen molar-refractivity contribution in [2.24, 2.45) is 0 Å². The second-order valence-corrected chi connectivity index (χ2v) is 16.9. The zero-order chi connectivity index (χ0) is 48.7. The first kappa shape index (κ1) is 47.6. The van der Waals surface area contributed by atoms with Crippen molar-refractivity contribution in [1.82, 2.24) is 0 Å². The van der Waals surface area contributed by atoms with E-state index in [1.54, 1.807) is 97.1 Å². The van der Waals surface area contributed by atoms with Gasteiger partial charge in [0.2, 0.25) is 15.3 Å². The van der Waals surface area contributed by atoms with Gasteiger partial charge in [0, 0.05) is 28.8 Å². The maximum absolute atomic E-state index is 14.4. The van der Waals surface area contributed by atoms with E-state index in [1.807, 2.05) is 0 Å². The number of sulfone groups is 1. The summed E-state index contributed by atoms with van der Waals surface area (Å²) in [5.74, 6) is 2.79. The number of nitrogens with two attached hydrogens (primary N) is 4. The van der Waals surface area contributed by atoms with Gasteiger partial charge in [0.05, 0.1) is 9.79 Å². The van der Waals surface area contributed by atoms with Gasteiger partial charge in [-0.1, -0.05) is 36.4 Å². The fourth-order valence-corrected chi connectivity index (χ4v) is 8.08. The molecular formula is C51H40F6N4O6S. The highest BCUT2D eigenvalue weighted by atomic mass is 32.2. The lowest BCUT2D eigenvalue weighted by molar-refractivity contribution is -0.288. The van der Waals surface area contributed by atoms with Crippen LogP contribution in [0.3, 0.4) is 0 Å². The second-order valence-electron chi connectivity index (χ2n) is 14.9. The van der Waals surface area contributed by atoms with Crippen LogP contribution in [0.25, 0.3) is 0 Å². The molecule has 0 bridgehead atoms. The topological polar surface area (TPSA) is 175 Å². The smallest absolute Gasteiger partial charge is 0.411 e. The third-order valence-electron chi connectivity index (χ3n) is 10.1. The molecule has 0 aliphatic heterocycles. The largest absolute Gasteiger partial charge is 0.457 e. The molecule has 0 heterocycles. The van der Waals surface area contributed by atoms with E-state index in [4.69, 9.17) is 41.9 Å². The Balaban J connectivity index is 0.000000204. The number of nitrogen functional groups attached to an aromatic ring is 4. The molecule has 348 valence electrons. The summed E-state index contributed by atoms with van der Waals surface area (Å²) >= 11 is 0. The predicted molar refractivity (Wildman–Crippen MR) is 248 cm³/mol. The van der Waals surface area contributed by atoms with Crippen LogP contribution in [0.15, 0.2) is 204 Å². The number of halogens is 6. The van der Waals surface area contributed by atoms with Gasteiger partial charge >= 0.3 is 12.4 Å². The molecule has 0 fully saturated rings. The molecule has 0 aromatic heterocycles. The van der Waals surface area contributed by atoms with Crippen molar-refractivity contribution < 1.29 is 53.7 Å². The molecule has 0 aliphatic rings. The van der Waals surface area contributed by atoms with Crippen LogP contribution in [0.2, 0.25) is 0 Å². The first-order valence-corrected chi connectivity index (χ1v) is 21.7. The molecule has 17 heteroatoms. The van der Waals surface area contributed by atoms with E-state index in [0.717, 1.165) is 48.5 Å². The zero-order valence-corrected chi connectivity index (χ0v) is 36.2. The lowest BCUT2D eigenvalue weighted by Gasteiger charge is -2.38. The first-order chi connectivity index (χ1) is 32.3. The molecule has 0 saturated heterocycles. The molecule has 0 aliphatic carbocycles. The van der Waals surface area contributed by atoms with Crippen molar-refractivity contribution in [3.63, 3.8) is 0 Å².